The van der Waals surface area contributed by atoms with Gasteiger partial charge in [0.05, 0.1) is 17.9 Å². The van der Waals surface area contributed by atoms with Gasteiger partial charge in [-0.1, -0.05) is 41.0 Å². The summed E-state index contributed by atoms with van der Waals surface area (Å²) in [6.45, 7) is 3.09. The predicted octanol–water partition coefficient (Wildman–Crippen LogP) is 1.65. The number of hydrogen-bond acceptors (Lipinski definition) is 11. The number of nitrogens with one attached hydrogen (secondary N) is 1. The zero-order chi connectivity index (χ0) is 31.5. The number of carbonyl (C=O) groups excluding carboxylic acids is 1. The van der Waals surface area contributed by atoms with Crippen molar-refractivity contribution < 1.29 is 53.4 Å². The molecule has 5 rings (SSSR count). The normalized spacial score (nSPS) is 32.3. The number of aliphatic hydroxyl groups excluding tert-OH is 4. The van der Waals surface area contributed by atoms with Gasteiger partial charge < -0.3 is 49.5 Å². The molecule has 9 atom stereocenters. The number of carbonyl (C=O) groups is 1. The second-order valence-electron chi connectivity index (χ2n) is 10.9. The third-order valence-electron chi connectivity index (χ3n) is 7.74. The standard InChI is InChI=1S/C30H34ClFN2O10/c1-14(30(39)33-23-24(36)26(38)29-28(25(23)37)40-13-41-29)9-16-7-8-21(19(32)10-16)43-22-11-20(35)27(44-22)15(2)34-42-12-17-5-3-4-6-18(17)31/h3-10,20,22-29,35-38H,11-13H2,1-2H3,(H,33,39)/t20-,22+,23+,24-,25+,26+,27+,28-,29+/m0/s1. The summed E-state index contributed by atoms with van der Waals surface area (Å²) in [6.07, 6.45) is -7.26. The van der Waals surface area contributed by atoms with E-state index in [-0.39, 0.29) is 31.1 Å². The van der Waals surface area contributed by atoms with E-state index < -0.39 is 66.8 Å². The number of benzene rings is 2. The molecule has 3 fully saturated rings. The van der Waals surface area contributed by atoms with Crippen LogP contribution in [0.1, 0.15) is 31.4 Å². The maximum Gasteiger partial charge on any atom is 0.247 e. The Kier molecular flexibility index (Phi) is 10.2. The van der Waals surface area contributed by atoms with Gasteiger partial charge in [0, 0.05) is 22.6 Å². The highest BCUT2D eigenvalue weighted by Crippen LogP contribution is 2.31. The van der Waals surface area contributed by atoms with Crippen LogP contribution in [-0.4, -0.2) is 93.9 Å². The third kappa shape index (κ3) is 7.05. The molecule has 238 valence electrons. The van der Waals surface area contributed by atoms with Gasteiger partial charge in [-0.25, -0.2) is 4.39 Å². The Morgan fingerprint density at radius 3 is 2.55 bits per heavy atom. The summed E-state index contributed by atoms with van der Waals surface area (Å²) in [5.74, 6) is -1.50. The van der Waals surface area contributed by atoms with Crippen molar-refractivity contribution in [1.29, 1.82) is 0 Å². The molecule has 0 unspecified atom stereocenters. The van der Waals surface area contributed by atoms with Crippen LogP contribution >= 0.6 is 11.6 Å². The van der Waals surface area contributed by atoms with E-state index >= 15 is 0 Å². The van der Waals surface area contributed by atoms with Crippen LogP contribution in [0.3, 0.4) is 0 Å². The van der Waals surface area contributed by atoms with Gasteiger partial charge in [0.1, 0.15) is 50.0 Å². The highest BCUT2D eigenvalue weighted by Gasteiger charge is 2.53. The molecule has 12 nitrogen and oxygen atoms in total. The van der Waals surface area contributed by atoms with Crippen LogP contribution in [0.4, 0.5) is 4.39 Å². The number of amides is 1. The summed E-state index contributed by atoms with van der Waals surface area (Å²) in [6, 6.07) is 10.0. The average molecular weight is 637 g/mol. The molecule has 2 aliphatic heterocycles. The van der Waals surface area contributed by atoms with Crippen molar-refractivity contribution in [3.05, 3.63) is 70.0 Å². The van der Waals surface area contributed by atoms with E-state index in [0.29, 0.717) is 16.3 Å². The van der Waals surface area contributed by atoms with Crippen molar-refractivity contribution in [3.63, 3.8) is 0 Å². The van der Waals surface area contributed by atoms with E-state index in [9.17, 15) is 29.6 Å². The minimum atomic E-state index is -1.49. The van der Waals surface area contributed by atoms with Gasteiger partial charge >= 0.3 is 0 Å². The summed E-state index contributed by atoms with van der Waals surface area (Å²) in [4.78, 5) is 18.2. The minimum absolute atomic E-state index is 0.0642. The highest BCUT2D eigenvalue weighted by molar-refractivity contribution is 6.31. The maximum atomic E-state index is 15.0. The lowest BCUT2D eigenvalue weighted by Crippen LogP contribution is -2.67. The summed E-state index contributed by atoms with van der Waals surface area (Å²) in [5.41, 5.74) is 1.61. The first-order valence-corrected chi connectivity index (χ1v) is 14.4. The van der Waals surface area contributed by atoms with Crippen LogP contribution in [0, 0.1) is 5.82 Å². The Morgan fingerprint density at radius 1 is 1.09 bits per heavy atom. The topological polar surface area (TPSA) is 169 Å². The molecule has 2 aromatic carbocycles. The number of aliphatic hydroxyl groups is 4. The van der Waals surface area contributed by atoms with Gasteiger partial charge in [0.15, 0.2) is 11.6 Å². The second kappa shape index (κ2) is 13.9. The van der Waals surface area contributed by atoms with Crippen molar-refractivity contribution in [3.8, 4) is 5.75 Å². The SMILES string of the molecule is CC(=Cc1ccc(O[C@H]2C[C@H](O)[C@@H](C(C)=NOCc3ccccc3Cl)O2)c(F)c1)C(=O)N[C@@H]1[C@H](O)[C@@H](O)[C@H]2OCO[C@H]2[C@@H]1O. The van der Waals surface area contributed by atoms with E-state index in [0.717, 1.165) is 11.6 Å². The van der Waals surface area contributed by atoms with Crippen molar-refractivity contribution in [2.45, 2.75) is 81.9 Å². The van der Waals surface area contributed by atoms with Crippen LogP contribution in [0.25, 0.3) is 6.08 Å². The predicted molar refractivity (Wildman–Crippen MR) is 154 cm³/mol. The molecular weight excluding hydrogens is 603 g/mol. The summed E-state index contributed by atoms with van der Waals surface area (Å²) >= 11 is 6.12. The fourth-order valence-electron chi connectivity index (χ4n) is 5.34. The quantitative estimate of drug-likeness (QED) is 0.155. The first kappa shape index (κ1) is 32.3. The number of oxime groups is 1. The lowest BCUT2D eigenvalue weighted by molar-refractivity contribution is -0.155. The third-order valence-corrected chi connectivity index (χ3v) is 8.11. The molecule has 5 N–H and O–H groups in total. The average Bonchev–Trinajstić information content (AvgIpc) is 3.63. The number of fused-ring (bicyclic) bond motifs is 1. The van der Waals surface area contributed by atoms with Crippen LogP contribution in [0.5, 0.6) is 5.75 Å². The van der Waals surface area contributed by atoms with Gasteiger partial charge in [-0.05, 0) is 43.7 Å². The smallest absolute Gasteiger partial charge is 0.247 e. The number of ether oxygens (including phenoxy) is 4. The zero-order valence-corrected chi connectivity index (χ0v) is 24.6. The molecule has 14 heteroatoms. The number of hydrogen-bond donors (Lipinski definition) is 5. The van der Waals surface area contributed by atoms with E-state index in [1.807, 2.05) is 6.07 Å². The van der Waals surface area contributed by atoms with Crippen LogP contribution in [-0.2, 0) is 30.4 Å². The van der Waals surface area contributed by atoms with Gasteiger partial charge in [0.25, 0.3) is 0 Å². The molecule has 1 amide bonds. The van der Waals surface area contributed by atoms with Crippen molar-refractivity contribution in [1.82, 2.24) is 5.32 Å². The van der Waals surface area contributed by atoms with E-state index in [1.54, 1.807) is 25.1 Å². The van der Waals surface area contributed by atoms with Crippen molar-refractivity contribution in [2.24, 2.45) is 5.16 Å². The summed E-state index contributed by atoms with van der Waals surface area (Å²) < 4.78 is 36.9. The minimum Gasteiger partial charge on any atom is -0.462 e. The van der Waals surface area contributed by atoms with Gasteiger partial charge in [-0.3, -0.25) is 4.79 Å². The maximum absolute atomic E-state index is 15.0. The molecule has 3 aliphatic rings. The van der Waals surface area contributed by atoms with Gasteiger partial charge in [-0.15, -0.1) is 0 Å². The number of nitrogens with zero attached hydrogens (tertiary/aromatic N) is 1. The molecule has 0 aromatic heterocycles. The zero-order valence-electron chi connectivity index (χ0n) is 23.9. The van der Waals surface area contributed by atoms with E-state index in [4.69, 9.17) is 35.4 Å². The highest BCUT2D eigenvalue weighted by atomic mass is 35.5. The molecule has 0 spiro atoms. The van der Waals surface area contributed by atoms with E-state index in [1.165, 1.54) is 25.1 Å². The molecule has 0 bridgehead atoms. The second-order valence-corrected chi connectivity index (χ2v) is 11.3. The Morgan fingerprint density at radius 2 is 1.82 bits per heavy atom. The number of rotatable bonds is 9. The molecule has 2 heterocycles. The Balaban J connectivity index is 1.16. The monoisotopic (exact) mass is 636 g/mol. The summed E-state index contributed by atoms with van der Waals surface area (Å²) in [5, 5.41) is 48.8. The first-order chi connectivity index (χ1) is 21.0. The molecule has 2 aromatic rings. The molecule has 44 heavy (non-hydrogen) atoms. The first-order valence-electron chi connectivity index (χ1n) is 14.0. The lowest BCUT2D eigenvalue weighted by Gasteiger charge is -2.41. The molecular formula is C30H34ClFN2O10. The fraction of sp³-hybridized carbons (Fsp3) is 0.467. The van der Waals surface area contributed by atoms with Gasteiger partial charge in [-0.2, -0.15) is 0 Å². The van der Waals surface area contributed by atoms with Gasteiger partial charge in [0.2, 0.25) is 12.2 Å². The van der Waals surface area contributed by atoms with Crippen molar-refractivity contribution in [2.75, 3.05) is 6.79 Å². The Bertz CT molecular complexity index is 1410. The molecule has 1 aliphatic carbocycles. The fourth-order valence-corrected chi connectivity index (χ4v) is 5.53. The molecule has 0 radical (unpaired) electrons. The van der Waals surface area contributed by atoms with Crippen LogP contribution in [0.15, 0.2) is 53.2 Å². The largest absolute Gasteiger partial charge is 0.462 e. The molecule has 2 saturated heterocycles. The lowest BCUT2D eigenvalue weighted by atomic mass is 9.83. The number of halogens is 2. The summed E-state index contributed by atoms with van der Waals surface area (Å²) in [7, 11) is 0. The van der Waals surface area contributed by atoms with Crippen LogP contribution in [0.2, 0.25) is 5.02 Å². The van der Waals surface area contributed by atoms with Crippen LogP contribution < -0.4 is 10.1 Å². The molecule has 1 saturated carbocycles. The van der Waals surface area contributed by atoms with E-state index in [2.05, 4.69) is 10.5 Å². The van der Waals surface area contributed by atoms with Crippen molar-refractivity contribution >= 4 is 29.3 Å². The Labute approximate surface area is 257 Å². The Hall–Kier alpha value is -3.14.